The van der Waals surface area contributed by atoms with Gasteiger partial charge in [-0.3, -0.25) is 5.32 Å². The number of nitrogens with zero attached hydrogens (tertiary/aromatic N) is 1. The number of anilines is 1. The monoisotopic (exact) mass is 659 g/mol. The minimum atomic E-state index is -0.0257. The molecule has 2 N–H and O–H groups in total. The Balaban J connectivity index is 1.08. The van der Waals surface area contributed by atoms with E-state index in [1.165, 1.54) is 71.9 Å². The van der Waals surface area contributed by atoms with Crippen molar-refractivity contribution in [3.8, 4) is 11.1 Å². The standard InChI is InChI=1S/C48H41N3/c1-33-42-18-10-8-15-37(42)30-31-51(46-29-26-36-14-9-11-19-43(36)47(33)46)41-27-24-39(25-28-41)45-32-44(49-48(50-45)40-16-6-3-7-17-40)38-22-20-35(21-23-38)34-12-4-2-5-13-34/h2-25,27-28,30,32,45,48-50H,26,29,31H2,1H3/b37-30-,42-33+. The first-order valence-electron chi connectivity index (χ1n) is 18.1. The van der Waals surface area contributed by atoms with E-state index < -0.39 is 0 Å². The van der Waals surface area contributed by atoms with Gasteiger partial charge in [-0.05, 0) is 92.9 Å². The minimum Gasteiger partial charge on any atom is -0.366 e. The van der Waals surface area contributed by atoms with Gasteiger partial charge in [-0.2, -0.15) is 0 Å². The van der Waals surface area contributed by atoms with E-state index in [1.807, 2.05) is 0 Å². The Kier molecular flexibility index (Phi) is 8.19. The quantitative estimate of drug-likeness (QED) is 0.193. The van der Waals surface area contributed by atoms with E-state index in [1.54, 1.807) is 0 Å². The van der Waals surface area contributed by atoms with Crippen molar-refractivity contribution >= 4 is 28.6 Å². The van der Waals surface area contributed by atoms with Crippen LogP contribution in [0.3, 0.4) is 0 Å². The van der Waals surface area contributed by atoms with Crippen LogP contribution in [0.4, 0.5) is 5.69 Å². The number of fused-ring (bicyclic) bond motifs is 3. The molecule has 0 spiro atoms. The fourth-order valence-electron chi connectivity index (χ4n) is 8.09. The van der Waals surface area contributed by atoms with E-state index >= 15 is 0 Å². The van der Waals surface area contributed by atoms with Crippen LogP contribution in [0.1, 0.15) is 53.4 Å². The van der Waals surface area contributed by atoms with Crippen molar-refractivity contribution in [1.82, 2.24) is 10.6 Å². The maximum absolute atomic E-state index is 3.89. The average molecular weight is 660 g/mol. The summed E-state index contributed by atoms with van der Waals surface area (Å²) >= 11 is 0. The molecule has 2 heterocycles. The summed E-state index contributed by atoms with van der Waals surface area (Å²) in [6.07, 6.45) is 6.78. The number of aryl methyl sites for hydroxylation is 1. The number of allylic oxidation sites excluding steroid dienone is 2. The molecule has 0 radical (unpaired) electrons. The smallest absolute Gasteiger partial charge is 0.104 e. The molecule has 2 unspecified atom stereocenters. The third-order valence-electron chi connectivity index (χ3n) is 10.7. The lowest BCUT2D eigenvalue weighted by atomic mass is 9.83. The Hall–Kier alpha value is -5.90. The van der Waals surface area contributed by atoms with E-state index in [0.717, 1.165) is 25.1 Å². The molecule has 2 atom stereocenters. The highest BCUT2D eigenvalue weighted by Crippen LogP contribution is 2.40. The van der Waals surface area contributed by atoms with Crippen LogP contribution in [0.15, 0.2) is 169 Å². The third-order valence-corrected chi connectivity index (χ3v) is 10.7. The van der Waals surface area contributed by atoms with Gasteiger partial charge < -0.3 is 10.2 Å². The highest BCUT2D eigenvalue weighted by Gasteiger charge is 2.27. The van der Waals surface area contributed by atoms with Crippen LogP contribution in [0.2, 0.25) is 0 Å². The molecule has 6 aromatic rings. The molecule has 3 aliphatic rings. The van der Waals surface area contributed by atoms with Gasteiger partial charge in [-0.1, -0.05) is 152 Å². The normalized spacial score (nSPS) is 20.0. The van der Waals surface area contributed by atoms with Gasteiger partial charge in [-0.25, -0.2) is 0 Å². The zero-order chi connectivity index (χ0) is 34.1. The fourth-order valence-corrected chi connectivity index (χ4v) is 8.09. The molecule has 248 valence electrons. The molecule has 1 aliphatic carbocycles. The summed E-state index contributed by atoms with van der Waals surface area (Å²) in [6.45, 7) is 3.14. The third kappa shape index (κ3) is 6.00. The van der Waals surface area contributed by atoms with Crippen LogP contribution >= 0.6 is 0 Å². The van der Waals surface area contributed by atoms with Crippen LogP contribution < -0.4 is 26.0 Å². The second kappa shape index (κ2) is 13.4. The summed E-state index contributed by atoms with van der Waals surface area (Å²) in [5, 5.41) is 10.3. The van der Waals surface area contributed by atoms with E-state index in [0.29, 0.717) is 0 Å². The highest BCUT2D eigenvalue weighted by atomic mass is 15.2. The maximum Gasteiger partial charge on any atom is 0.104 e. The molecule has 3 heteroatoms. The Bertz CT molecular complexity index is 2390. The molecule has 0 bridgehead atoms. The second-order valence-electron chi connectivity index (χ2n) is 13.8. The van der Waals surface area contributed by atoms with Gasteiger partial charge in [0.25, 0.3) is 0 Å². The SMILES string of the molecule is C/C1=c2/cccc/c2=C/CN(c2ccc(C3C=C(c4ccc(-c5ccccc5)cc4)NC(c4ccccc4)N3)cc2)C2=C1c1ccccc1CC2. The molecule has 3 nitrogen and oxygen atoms in total. The van der Waals surface area contributed by atoms with E-state index in [9.17, 15) is 0 Å². The van der Waals surface area contributed by atoms with Crippen LogP contribution in [0.5, 0.6) is 0 Å². The van der Waals surface area contributed by atoms with Crippen molar-refractivity contribution in [2.24, 2.45) is 0 Å². The van der Waals surface area contributed by atoms with Crippen molar-refractivity contribution in [2.75, 3.05) is 11.4 Å². The summed E-state index contributed by atoms with van der Waals surface area (Å²) in [5.74, 6) is 0. The molecule has 0 aromatic heterocycles. The molecule has 51 heavy (non-hydrogen) atoms. The lowest BCUT2D eigenvalue weighted by Crippen LogP contribution is -2.39. The van der Waals surface area contributed by atoms with Crippen molar-refractivity contribution in [3.63, 3.8) is 0 Å². The number of rotatable bonds is 5. The molecule has 9 rings (SSSR count). The summed E-state index contributed by atoms with van der Waals surface area (Å²) in [7, 11) is 0. The molecular formula is C48H41N3. The summed E-state index contributed by atoms with van der Waals surface area (Å²) in [5.41, 5.74) is 15.4. The lowest BCUT2D eigenvalue weighted by molar-refractivity contribution is 0.442. The van der Waals surface area contributed by atoms with Crippen molar-refractivity contribution in [3.05, 3.63) is 208 Å². The Labute approximate surface area is 300 Å². The number of hydrogen-bond acceptors (Lipinski definition) is 3. The van der Waals surface area contributed by atoms with Crippen LogP contribution in [0.25, 0.3) is 34.0 Å². The molecule has 0 saturated carbocycles. The summed E-state index contributed by atoms with van der Waals surface area (Å²) in [6, 6.07) is 57.3. The first kappa shape index (κ1) is 31.1. The Morgan fingerprint density at radius 2 is 1.25 bits per heavy atom. The zero-order valence-corrected chi connectivity index (χ0v) is 28.9. The summed E-state index contributed by atoms with van der Waals surface area (Å²) < 4.78 is 0. The molecule has 0 amide bonds. The second-order valence-corrected chi connectivity index (χ2v) is 13.8. The number of hydrogen-bond donors (Lipinski definition) is 2. The Morgan fingerprint density at radius 1 is 0.588 bits per heavy atom. The van der Waals surface area contributed by atoms with Gasteiger partial charge in [0.15, 0.2) is 0 Å². The molecule has 6 aromatic carbocycles. The Morgan fingerprint density at radius 3 is 2.06 bits per heavy atom. The minimum absolute atomic E-state index is 0.0257. The van der Waals surface area contributed by atoms with Crippen LogP contribution in [-0.4, -0.2) is 6.54 Å². The van der Waals surface area contributed by atoms with Crippen molar-refractivity contribution in [1.29, 1.82) is 0 Å². The highest BCUT2D eigenvalue weighted by molar-refractivity contribution is 6.01. The van der Waals surface area contributed by atoms with Crippen molar-refractivity contribution < 1.29 is 0 Å². The van der Waals surface area contributed by atoms with Crippen molar-refractivity contribution in [2.45, 2.75) is 32.0 Å². The maximum atomic E-state index is 3.89. The summed E-state index contributed by atoms with van der Waals surface area (Å²) in [4.78, 5) is 2.55. The van der Waals surface area contributed by atoms with Crippen LogP contribution in [0, 0.1) is 0 Å². The molecular weight excluding hydrogens is 619 g/mol. The fraction of sp³-hybridized carbons (Fsp3) is 0.125. The van der Waals surface area contributed by atoms with Gasteiger partial charge in [-0.15, -0.1) is 0 Å². The predicted octanol–water partition coefficient (Wildman–Crippen LogP) is 9.16. The van der Waals surface area contributed by atoms with E-state index in [4.69, 9.17) is 0 Å². The van der Waals surface area contributed by atoms with E-state index in [2.05, 4.69) is 192 Å². The number of benzene rings is 6. The van der Waals surface area contributed by atoms with Gasteiger partial charge in [0.1, 0.15) is 6.17 Å². The molecule has 0 saturated heterocycles. The topological polar surface area (TPSA) is 27.3 Å². The lowest BCUT2D eigenvalue weighted by Gasteiger charge is -2.35. The zero-order valence-electron chi connectivity index (χ0n) is 28.9. The van der Waals surface area contributed by atoms with Gasteiger partial charge in [0.05, 0.1) is 6.04 Å². The average Bonchev–Trinajstić information content (AvgIpc) is 3.21. The first-order chi connectivity index (χ1) is 25.2. The largest absolute Gasteiger partial charge is 0.366 e. The molecule has 2 aliphatic heterocycles. The predicted molar refractivity (Wildman–Crippen MR) is 213 cm³/mol. The van der Waals surface area contributed by atoms with Gasteiger partial charge in [0.2, 0.25) is 0 Å². The molecule has 0 fully saturated rings. The van der Waals surface area contributed by atoms with E-state index in [-0.39, 0.29) is 12.2 Å². The first-order valence-corrected chi connectivity index (χ1v) is 18.1. The van der Waals surface area contributed by atoms with Gasteiger partial charge >= 0.3 is 0 Å². The van der Waals surface area contributed by atoms with Crippen LogP contribution in [-0.2, 0) is 6.42 Å². The number of nitrogens with one attached hydrogen (secondary N) is 2. The van der Waals surface area contributed by atoms with Gasteiger partial charge in [0, 0.05) is 29.2 Å².